The van der Waals surface area contributed by atoms with E-state index in [0.717, 1.165) is 59.5 Å². The van der Waals surface area contributed by atoms with Gasteiger partial charge in [0.15, 0.2) is 0 Å². The number of rotatable bonds is 12. The molecule has 0 spiro atoms. The molecule has 1 aromatic carbocycles. The molecule has 0 aliphatic carbocycles. The van der Waals surface area contributed by atoms with E-state index in [1.54, 1.807) is 0 Å². The molecule has 1 heterocycles. The molecule has 0 saturated carbocycles. The highest BCUT2D eigenvalue weighted by atomic mass is 35.5. The van der Waals surface area contributed by atoms with Crippen LogP contribution in [0.1, 0.15) is 121 Å². The van der Waals surface area contributed by atoms with Crippen molar-refractivity contribution in [1.82, 2.24) is 0 Å². The van der Waals surface area contributed by atoms with E-state index in [2.05, 4.69) is 41.5 Å². The van der Waals surface area contributed by atoms with E-state index < -0.39 is 0 Å². The zero-order valence-electron chi connectivity index (χ0n) is 22.3. The molecule has 0 saturated heterocycles. The molecule has 1 aliphatic heterocycles. The van der Waals surface area contributed by atoms with Crippen LogP contribution in [0.25, 0.3) is 0 Å². The van der Waals surface area contributed by atoms with Gasteiger partial charge in [0.25, 0.3) is 0 Å². The average Bonchev–Trinajstić information content (AvgIpc) is 2.70. The van der Waals surface area contributed by atoms with Crippen molar-refractivity contribution in [2.45, 2.75) is 132 Å². The van der Waals surface area contributed by atoms with E-state index >= 15 is 0 Å². The van der Waals surface area contributed by atoms with Crippen molar-refractivity contribution in [1.29, 1.82) is 0 Å². The van der Waals surface area contributed by atoms with Crippen LogP contribution in [-0.4, -0.2) is 10.7 Å². The van der Waals surface area contributed by atoms with Gasteiger partial charge in [-0.2, -0.15) is 0 Å². The maximum atomic E-state index is 10.4. The first-order valence-corrected chi connectivity index (χ1v) is 13.0. The van der Waals surface area contributed by atoms with Gasteiger partial charge < -0.3 is 9.84 Å². The van der Waals surface area contributed by atoms with Gasteiger partial charge >= 0.3 is 0 Å². The first-order valence-electron chi connectivity index (χ1n) is 13.0. The number of hydrogen-bond acceptors (Lipinski definition) is 2. The van der Waals surface area contributed by atoms with E-state index in [4.69, 9.17) is 4.74 Å². The number of benzene rings is 1. The lowest BCUT2D eigenvalue weighted by atomic mass is 9.84. The van der Waals surface area contributed by atoms with E-state index in [9.17, 15) is 5.11 Å². The summed E-state index contributed by atoms with van der Waals surface area (Å²) in [7, 11) is 0. The van der Waals surface area contributed by atoms with Crippen molar-refractivity contribution < 1.29 is 9.84 Å². The van der Waals surface area contributed by atoms with Crippen molar-refractivity contribution in [3.05, 3.63) is 22.3 Å². The predicted octanol–water partition coefficient (Wildman–Crippen LogP) is 9.26. The minimum Gasteiger partial charge on any atom is -0.507 e. The Labute approximate surface area is 205 Å². The molecule has 1 N–H and O–H groups in total. The highest BCUT2D eigenvalue weighted by Gasteiger charge is 2.34. The van der Waals surface area contributed by atoms with Gasteiger partial charge in [-0.3, -0.25) is 0 Å². The van der Waals surface area contributed by atoms with Crippen LogP contribution in [0.3, 0.4) is 0 Å². The van der Waals surface area contributed by atoms with Gasteiger partial charge in [-0.05, 0) is 87.8 Å². The van der Waals surface area contributed by atoms with Crippen LogP contribution in [0.15, 0.2) is 0 Å². The molecule has 0 bridgehead atoms. The lowest BCUT2D eigenvalue weighted by Gasteiger charge is -2.38. The molecular weight excluding hydrogens is 416 g/mol. The van der Waals surface area contributed by atoms with E-state index in [1.165, 1.54) is 56.9 Å². The number of halogens is 1. The summed E-state index contributed by atoms with van der Waals surface area (Å²) < 4.78 is 6.60. The zero-order chi connectivity index (χ0) is 23.2. The molecule has 2 unspecified atom stereocenters. The molecule has 0 fully saturated rings. The predicted molar refractivity (Wildman–Crippen MR) is 142 cm³/mol. The SMILES string of the molecule is Cc1c(C)c2c(c(C)c1O)CC[C@@](C)(CCCC(C)CCCC(C)CCCC(C)C)O2.Cl. The van der Waals surface area contributed by atoms with Gasteiger partial charge in [0, 0.05) is 5.56 Å². The lowest BCUT2D eigenvalue weighted by Crippen LogP contribution is -2.37. The highest BCUT2D eigenvalue weighted by molar-refractivity contribution is 5.85. The Hall–Kier alpha value is -0.890. The Morgan fingerprint density at radius 1 is 0.812 bits per heavy atom. The number of fused-ring (bicyclic) bond motifs is 1. The molecule has 32 heavy (non-hydrogen) atoms. The molecule has 0 aromatic heterocycles. The second kappa shape index (κ2) is 13.1. The van der Waals surface area contributed by atoms with Gasteiger partial charge in [0.05, 0.1) is 0 Å². The molecule has 0 amide bonds. The number of phenols is 1. The smallest absolute Gasteiger partial charge is 0.127 e. The lowest BCUT2D eigenvalue weighted by molar-refractivity contribution is 0.0512. The molecule has 186 valence electrons. The number of hydrogen-bond donors (Lipinski definition) is 1. The van der Waals surface area contributed by atoms with Crippen LogP contribution in [0.2, 0.25) is 0 Å². The summed E-state index contributed by atoms with van der Waals surface area (Å²) in [6.45, 7) is 17.9. The fourth-order valence-electron chi connectivity index (χ4n) is 5.27. The monoisotopic (exact) mass is 466 g/mol. The summed E-state index contributed by atoms with van der Waals surface area (Å²) >= 11 is 0. The summed E-state index contributed by atoms with van der Waals surface area (Å²) in [5.74, 6) is 4.04. The first-order chi connectivity index (χ1) is 14.5. The molecule has 2 nitrogen and oxygen atoms in total. The summed E-state index contributed by atoms with van der Waals surface area (Å²) in [4.78, 5) is 0. The number of phenolic OH excluding ortho intramolecular Hbond substituents is 1. The summed E-state index contributed by atoms with van der Waals surface area (Å²) in [6.07, 6.45) is 14.1. The molecule has 3 atom stereocenters. The molecule has 1 aromatic rings. The Morgan fingerprint density at radius 2 is 1.34 bits per heavy atom. The van der Waals surface area contributed by atoms with Crippen LogP contribution < -0.4 is 4.74 Å². The van der Waals surface area contributed by atoms with Crippen LogP contribution in [0, 0.1) is 38.5 Å². The minimum absolute atomic E-state index is 0. The van der Waals surface area contributed by atoms with Crippen LogP contribution in [-0.2, 0) is 6.42 Å². The Bertz CT molecular complexity index is 712. The largest absolute Gasteiger partial charge is 0.507 e. The van der Waals surface area contributed by atoms with Gasteiger partial charge in [-0.1, -0.05) is 72.6 Å². The Kier molecular flexibility index (Phi) is 11.9. The van der Waals surface area contributed by atoms with Crippen molar-refractivity contribution in [2.75, 3.05) is 0 Å². The summed E-state index contributed by atoms with van der Waals surface area (Å²) in [5.41, 5.74) is 4.23. The minimum atomic E-state index is -0.0712. The quantitative estimate of drug-likeness (QED) is 0.332. The van der Waals surface area contributed by atoms with Crippen LogP contribution in [0.4, 0.5) is 0 Å². The topological polar surface area (TPSA) is 29.5 Å². The van der Waals surface area contributed by atoms with E-state index in [1.807, 2.05) is 13.8 Å². The zero-order valence-corrected chi connectivity index (χ0v) is 23.1. The van der Waals surface area contributed by atoms with Crippen molar-refractivity contribution in [3.63, 3.8) is 0 Å². The molecule has 2 rings (SSSR count). The van der Waals surface area contributed by atoms with Crippen LogP contribution >= 0.6 is 12.4 Å². The normalized spacial score (nSPS) is 19.8. The highest BCUT2D eigenvalue weighted by Crippen LogP contribution is 2.44. The maximum Gasteiger partial charge on any atom is 0.127 e. The summed E-state index contributed by atoms with van der Waals surface area (Å²) in [6, 6.07) is 0. The fraction of sp³-hybridized carbons (Fsp3) is 0.793. The van der Waals surface area contributed by atoms with Gasteiger partial charge in [0.2, 0.25) is 0 Å². The van der Waals surface area contributed by atoms with Crippen molar-refractivity contribution >= 4 is 12.4 Å². The standard InChI is InChI=1S/C29H50O2.ClH/c1-20(2)12-9-13-21(3)14-10-15-22(4)16-11-18-29(8)19-17-26-25(7)27(30)23(5)24(6)28(26)31-29;/h20-22,30H,9-19H2,1-8H3;1H/t21?,22?,29-;/m1./s1. The van der Waals surface area contributed by atoms with Gasteiger partial charge in [0.1, 0.15) is 17.1 Å². The molecule has 1 aliphatic rings. The van der Waals surface area contributed by atoms with Crippen molar-refractivity contribution in [3.8, 4) is 11.5 Å². The maximum absolute atomic E-state index is 10.4. The van der Waals surface area contributed by atoms with E-state index in [0.29, 0.717) is 5.75 Å². The third-order valence-corrected chi connectivity index (χ3v) is 7.87. The number of aromatic hydroxyl groups is 1. The third-order valence-electron chi connectivity index (χ3n) is 7.87. The average molecular weight is 467 g/mol. The second-order valence-electron chi connectivity index (χ2n) is 11.4. The fourth-order valence-corrected chi connectivity index (χ4v) is 5.27. The summed E-state index contributed by atoms with van der Waals surface area (Å²) in [5, 5.41) is 10.4. The Morgan fingerprint density at radius 3 is 1.91 bits per heavy atom. The van der Waals surface area contributed by atoms with Crippen LogP contribution in [0.5, 0.6) is 11.5 Å². The van der Waals surface area contributed by atoms with E-state index in [-0.39, 0.29) is 18.0 Å². The second-order valence-corrected chi connectivity index (χ2v) is 11.4. The van der Waals surface area contributed by atoms with Gasteiger partial charge in [-0.15, -0.1) is 12.4 Å². The Balaban J connectivity index is 0.00000512. The molecule has 3 heteroatoms. The first kappa shape index (κ1) is 29.1. The number of ether oxygens (including phenoxy) is 1. The van der Waals surface area contributed by atoms with Crippen molar-refractivity contribution in [2.24, 2.45) is 17.8 Å². The molecular formula is C29H51ClO2. The molecule has 0 radical (unpaired) electrons. The third kappa shape index (κ3) is 8.15. The van der Waals surface area contributed by atoms with Gasteiger partial charge in [-0.25, -0.2) is 0 Å².